The fourth-order valence-electron chi connectivity index (χ4n) is 2.90. The summed E-state index contributed by atoms with van der Waals surface area (Å²) in [6, 6.07) is 17.3. The summed E-state index contributed by atoms with van der Waals surface area (Å²) in [6.45, 7) is 1.83. The summed E-state index contributed by atoms with van der Waals surface area (Å²) in [6.07, 6.45) is 5.10. The fourth-order valence-corrected chi connectivity index (χ4v) is 2.90. The van der Waals surface area contributed by atoms with Crippen LogP contribution in [-0.4, -0.2) is 23.6 Å². The summed E-state index contributed by atoms with van der Waals surface area (Å²) in [4.78, 5) is 13.0. The van der Waals surface area contributed by atoms with E-state index in [1.807, 2.05) is 55.5 Å². The van der Waals surface area contributed by atoms with Crippen LogP contribution in [0, 0.1) is 5.92 Å². The van der Waals surface area contributed by atoms with Crippen molar-refractivity contribution in [2.24, 2.45) is 5.92 Å². The van der Waals surface area contributed by atoms with Gasteiger partial charge in [-0.2, -0.15) is 0 Å². The van der Waals surface area contributed by atoms with Crippen molar-refractivity contribution < 1.29 is 14.6 Å². The summed E-state index contributed by atoms with van der Waals surface area (Å²) >= 11 is 0. The molecule has 0 saturated heterocycles. The summed E-state index contributed by atoms with van der Waals surface area (Å²) in [5.41, 5.74) is 1.76. The second-order valence-corrected chi connectivity index (χ2v) is 6.07. The Kier molecular flexibility index (Phi) is 4.36. The van der Waals surface area contributed by atoms with Gasteiger partial charge < -0.3 is 9.84 Å². The highest BCUT2D eigenvalue weighted by atomic mass is 16.5. The Balaban J connectivity index is 1.98. The number of methoxy groups -OCH3 is 1. The van der Waals surface area contributed by atoms with E-state index < -0.39 is 11.5 Å². The Morgan fingerprint density at radius 2 is 1.75 bits per heavy atom. The highest BCUT2D eigenvalue weighted by Crippen LogP contribution is 2.31. The molecule has 0 aromatic heterocycles. The van der Waals surface area contributed by atoms with E-state index in [4.69, 9.17) is 4.74 Å². The van der Waals surface area contributed by atoms with Gasteiger partial charge in [0, 0.05) is 12.7 Å². The zero-order chi connectivity index (χ0) is 17.2. The molecule has 2 atom stereocenters. The quantitative estimate of drug-likeness (QED) is 0.663. The van der Waals surface area contributed by atoms with E-state index in [1.165, 1.54) is 0 Å². The van der Waals surface area contributed by atoms with E-state index in [0.717, 1.165) is 11.1 Å². The van der Waals surface area contributed by atoms with Crippen LogP contribution < -0.4 is 0 Å². The molecule has 1 N–H and O–H groups in total. The highest BCUT2D eigenvalue weighted by molar-refractivity contribution is 6.05. The zero-order valence-electron chi connectivity index (χ0n) is 13.8. The van der Waals surface area contributed by atoms with Gasteiger partial charge in [0.1, 0.15) is 11.4 Å². The molecule has 2 aromatic rings. The normalized spacial score (nSPS) is 22.9. The van der Waals surface area contributed by atoms with Crippen LogP contribution in [0.15, 0.2) is 78.6 Å². The Bertz CT molecular complexity index is 805. The molecule has 2 unspecified atom stereocenters. The van der Waals surface area contributed by atoms with Crippen molar-refractivity contribution >= 4 is 5.78 Å². The number of rotatable bonds is 4. The predicted octanol–water partition coefficient (Wildman–Crippen LogP) is 4.57. The highest BCUT2D eigenvalue weighted by Gasteiger charge is 2.31. The van der Waals surface area contributed by atoms with E-state index >= 15 is 0 Å². The number of benzene rings is 2. The molecule has 0 saturated carbocycles. The first kappa shape index (κ1) is 16.2. The Labute approximate surface area is 141 Å². The van der Waals surface area contributed by atoms with Crippen LogP contribution in [0.5, 0.6) is 0 Å². The van der Waals surface area contributed by atoms with Crippen LogP contribution in [0.4, 0.5) is 0 Å². The number of hydrogen-bond donors (Lipinski definition) is 1. The molecule has 0 radical (unpaired) electrons. The van der Waals surface area contributed by atoms with E-state index in [1.54, 1.807) is 31.4 Å². The van der Waals surface area contributed by atoms with Crippen molar-refractivity contribution in [3.8, 4) is 11.1 Å². The SMILES string of the molecule is COC1(C)C=CC(C(=O)c2ccccc2-c2ccccc2)C(O)=C1. The van der Waals surface area contributed by atoms with E-state index in [0.29, 0.717) is 5.56 Å². The Hall–Kier alpha value is -2.65. The molecular formula is C21H20O3. The van der Waals surface area contributed by atoms with Crippen LogP contribution in [0.3, 0.4) is 0 Å². The molecule has 0 bridgehead atoms. The first-order valence-electron chi connectivity index (χ1n) is 7.89. The standard InChI is InChI=1S/C21H20O3/c1-21(24-2)13-12-18(19(22)14-21)20(23)17-11-7-6-10-16(17)15-8-4-3-5-9-15/h3-14,18,22H,1-2H3. The Morgan fingerprint density at radius 3 is 2.42 bits per heavy atom. The number of aliphatic hydroxyl groups excluding tert-OH is 1. The van der Waals surface area contributed by atoms with E-state index in [2.05, 4.69) is 0 Å². The second-order valence-electron chi connectivity index (χ2n) is 6.07. The average molecular weight is 320 g/mol. The molecule has 0 fully saturated rings. The summed E-state index contributed by atoms with van der Waals surface area (Å²) in [7, 11) is 1.57. The lowest BCUT2D eigenvalue weighted by Gasteiger charge is -2.27. The summed E-state index contributed by atoms with van der Waals surface area (Å²) < 4.78 is 5.34. The maximum atomic E-state index is 13.0. The van der Waals surface area contributed by atoms with Crippen molar-refractivity contribution in [1.82, 2.24) is 0 Å². The van der Waals surface area contributed by atoms with Gasteiger partial charge in [-0.05, 0) is 24.1 Å². The first-order chi connectivity index (χ1) is 11.5. The molecule has 122 valence electrons. The lowest BCUT2D eigenvalue weighted by atomic mass is 9.85. The van der Waals surface area contributed by atoms with Gasteiger partial charge in [-0.15, -0.1) is 0 Å². The molecule has 3 heteroatoms. The van der Waals surface area contributed by atoms with Gasteiger partial charge in [0.2, 0.25) is 0 Å². The summed E-state index contributed by atoms with van der Waals surface area (Å²) in [5.74, 6) is -0.787. The number of carbonyl (C=O) groups excluding carboxylic acids is 1. The molecule has 2 aromatic carbocycles. The number of allylic oxidation sites excluding steroid dienone is 1. The molecule has 0 amide bonds. The van der Waals surface area contributed by atoms with Crippen LogP contribution in [0.25, 0.3) is 11.1 Å². The van der Waals surface area contributed by atoms with Crippen LogP contribution in [0.1, 0.15) is 17.3 Å². The summed E-state index contributed by atoms with van der Waals surface area (Å²) in [5, 5.41) is 10.3. The van der Waals surface area contributed by atoms with Gasteiger partial charge in [-0.1, -0.05) is 66.7 Å². The fraction of sp³-hybridized carbons (Fsp3) is 0.190. The van der Waals surface area contributed by atoms with Crippen LogP contribution in [0.2, 0.25) is 0 Å². The predicted molar refractivity (Wildman–Crippen MR) is 95.0 cm³/mol. The first-order valence-corrected chi connectivity index (χ1v) is 7.89. The number of ketones is 1. The van der Waals surface area contributed by atoms with E-state index in [9.17, 15) is 9.90 Å². The Morgan fingerprint density at radius 1 is 1.08 bits per heavy atom. The van der Waals surface area contributed by atoms with Crippen molar-refractivity contribution in [3.05, 3.63) is 84.1 Å². The zero-order valence-corrected chi connectivity index (χ0v) is 13.8. The van der Waals surface area contributed by atoms with Gasteiger partial charge in [-0.3, -0.25) is 4.79 Å². The molecule has 0 heterocycles. The number of aliphatic hydroxyl groups is 1. The number of hydrogen-bond acceptors (Lipinski definition) is 3. The third-order valence-electron chi connectivity index (χ3n) is 4.37. The number of ether oxygens (including phenoxy) is 1. The van der Waals surface area contributed by atoms with E-state index in [-0.39, 0.29) is 11.5 Å². The third-order valence-corrected chi connectivity index (χ3v) is 4.37. The van der Waals surface area contributed by atoms with Gasteiger partial charge in [-0.25, -0.2) is 0 Å². The maximum Gasteiger partial charge on any atom is 0.177 e. The topological polar surface area (TPSA) is 46.5 Å². The molecule has 3 rings (SSSR count). The molecule has 0 spiro atoms. The van der Waals surface area contributed by atoms with Gasteiger partial charge >= 0.3 is 0 Å². The van der Waals surface area contributed by atoms with Crippen LogP contribution >= 0.6 is 0 Å². The van der Waals surface area contributed by atoms with Gasteiger partial charge in [0.25, 0.3) is 0 Å². The molecule has 1 aliphatic carbocycles. The average Bonchev–Trinajstić information content (AvgIpc) is 2.62. The minimum Gasteiger partial charge on any atom is -0.511 e. The molecule has 24 heavy (non-hydrogen) atoms. The lowest BCUT2D eigenvalue weighted by molar-refractivity contribution is 0.0793. The number of carbonyl (C=O) groups is 1. The van der Waals surface area contributed by atoms with Crippen molar-refractivity contribution in [1.29, 1.82) is 0 Å². The molecule has 0 aliphatic heterocycles. The minimum atomic E-state index is -0.682. The maximum absolute atomic E-state index is 13.0. The minimum absolute atomic E-state index is 0.0229. The largest absolute Gasteiger partial charge is 0.511 e. The van der Waals surface area contributed by atoms with Crippen molar-refractivity contribution in [3.63, 3.8) is 0 Å². The smallest absolute Gasteiger partial charge is 0.177 e. The van der Waals surface area contributed by atoms with Gasteiger partial charge in [0.15, 0.2) is 5.78 Å². The monoisotopic (exact) mass is 320 g/mol. The third kappa shape index (κ3) is 3.03. The second kappa shape index (κ2) is 6.46. The van der Waals surface area contributed by atoms with Crippen molar-refractivity contribution in [2.75, 3.05) is 7.11 Å². The number of Topliss-reactive ketones (excluding diaryl/α,β-unsaturated/α-hetero) is 1. The van der Waals surface area contributed by atoms with Crippen molar-refractivity contribution in [2.45, 2.75) is 12.5 Å². The molecule has 1 aliphatic rings. The van der Waals surface area contributed by atoms with Gasteiger partial charge in [0.05, 0.1) is 5.92 Å². The van der Waals surface area contributed by atoms with Crippen LogP contribution in [-0.2, 0) is 4.74 Å². The lowest BCUT2D eigenvalue weighted by Crippen LogP contribution is -2.29. The molecule has 3 nitrogen and oxygen atoms in total. The molecular weight excluding hydrogens is 300 g/mol.